The summed E-state index contributed by atoms with van der Waals surface area (Å²) in [5, 5.41) is 10.6. The van der Waals surface area contributed by atoms with Gasteiger partial charge >= 0.3 is 0 Å². The predicted octanol–water partition coefficient (Wildman–Crippen LogP) is 2.62. The van der Waals surface area contributed by atoms with E-state index in [2.05, 4.69) is 21.3 Å². The Labute approximate surface area is 179 Å². The molecule has 0 radical (unpaired) electrons. The van der Waals surface area contributed by atoms with E-state index in [1.165, 1.54) is 13.8 Å². The van der Waals surface area contributed by atoms with Crippen LogP contribution in [0.3, 0.4) is 0 Å². The second-order valence-corrected chi connectivity index (χ2v) is 7.15. The zero-order valence-electron chi connectivity index (χ0n) is 16.0. The molecule has 0 aliphatic rings. The fourth-order valence-electron chi connectivity index (χ4n) is 2.14. The molecule has 176 valence electrons. The number of hydrogen-bond donors (Lipinski definition) is 4. The second-order valence-electron chi connectivity index (χ2n) is 7.15. The third-order valence-electron chi connectivity index (χ3n) is 3.62. The average molecular weight is 421 g/mol. The molecule has 0 aromatic heterocycles. The van der Waals surface area contributed by atoms with Gasteiger partial charge in [0.2, 0.25) is 23.6 Å². The molecule has 8 nitrogen and oxygen atoms in total. The van der Waals surface area contributed by atoms with E-state index in [0.29, 0.717) is 6.54 Å². The van der Waals surface area contributed by atoms with Crippen LogP contribution < -0.4 is 21.3 Å². The van der Waals surface area contributed by atoms with Crippen LogP contribution in [0.2, 0.25) is 0 Å². The molecule has 0 heterocycles. The van der Waals surface area contributed by atoms with Crippen molar-refractivity contribution in [3.05, 3.63) is 0 Å². The summed E-state index contributed by atoms with van der Waals surface area (Å²) in [6, 6.07) is -0.0242. The highest BCUT2D eigenvalue weighted by Gasteiger charge is 2.25. The zero-order valence-corrected chi connectivity index (χ0v) is 16.0. The van der Waals surface area contributed by atoms with Gasteiger partial charge < -0.3 is 21.3 Å². The normalized spacial score (nSPS) is 10.4. The summed E-state index contributed by atoms with van der Waals surface area (Å²) in [5.41, 5.74) is -0.111. The first-order chi connectivity index (χ1) is 11.5. The molecule has 1 atom stereocenters. The summed E-state index contributed by atoms with van der Waals surface area (Å²) in [7, 11) is 0. The number of amides is 4. The van der Waals surface area contributed by atoms with Crippen LogP contribution in [0.4, 0.5) is 0 Å². The van der Waals surface area contributed by atoms with Gasteiger partial charge in [0.1, 0.15) is 0 Å². The van der Waals surface area contributed by atoms with Gasteiger partial charge in [-0.1, -0.05) is 50.5 Å². The third kappa shape index (κ3) is 22.0. The van der Waals surface area contributed by atoms with E-state index < -0.39 is 0 Å². The molecule has 29 heavy (non-hydrogen) atoms. The summed E-state index contributed by atoms with van der Waals surface area (Å²) in [6.07, 6.45) is 2.39. The fourth-order valence-corrected chi connectivity index (χ4v) is 2.14. The minimum absolute atomic E-state index is 0. The van der Waals surface area contributed by atoms with Crippen LogP contribution in [0.1, 0.15) is 83.6 Å². The highest BCUT2D eigenvalue weighted by Crippen LogP contribution is 2.23. The Hall–Kier alpha value is -2.12. The van der Waals surface area contributed by atoms with E-state index in [4.69, 9.17) is 0 Å². The van der Waals surface area contributed by atoms with E-state index in [0.717, 1.165) is 19.3 Å². The first-order valence-corrected chi connectivity index (χ1v) is 8.57. The molecule has 0 aliphatic heterocycles. The fraction of sp³-hybridized carbons (Fsp3) is 0.810. The molecule has 4 amide bonds. The molecule has 0 bridgehead atoms. The van der Waals surface area contributed by atoms with E-state index in [9.17, 15) is 19.2 Å². The van der Waals surface area contributed by atoms with Gasteiger partial charge in [-0.05, 0) is 24.7 Å². The standard InChI is InChI=1S/C17H32N4O4.4CH4/c1-12(22)19-10-15(24)18-9-7-6-8-14(17(3,4)5)21-16(25)11-20-13(2)23;;;;/h14H,6-11H2,1-5H3,(H,18,24)(H,19,22)(H,20,23)(H,21,25);4*1H4. The van der Waals surface area contributed by atoms with Gasteiger partial charge in [0.25, 0.3) is 0 Å². The van der Waals surface area contributed by atoms with Crippen LogP contribution in [-0.4, -0.2) is 49.3 Å². The maximum absolute atomic E-state index is 11.9. The van der Waals surface area contributed by atoms with Crippen molar-refractivity contribution >= 4 is 23.6 Å². The molecule has 0 aromatic carbocycles. The van der Waals surface area contributed by atoms with E-state index in [1.54, 1.807) is 0 Å². The van der Waals surface area contributed by atoms with Gasteiger partial charge in [-0.15, -0.1) is 0 Å². The minimum atomic E-state index is -0.238. The average Bonchev–Trinajstić information content (AvgIpc) is 2.48. The first kappa shape index (κ1) is 37.6. The van der Waals surface area contributed by atoms with Crippen LogP contribution in [0, 0.1) is 5.41 Å². The lowest BCUT2D eigenvalue weighted by atomic mass is 9.83. The number of unbranched alkanes of at least 4 members (excludes halogenated alkanes) is 1. The van der Waals surface area contributed by atoms with Gasteiger partial charge in [-0.25, -0.2) is 0 Å². The van der Waals surface area contributed by atoms with Crippen molar-refractivity contribution < 1.29 is 19.2 Å². The van der Waals surface area contributed by atoms with Crippen LogP contribution in [-0.2, 0) is 19.2 Å². The first-order valence-electron chi connectivity index (χ1n) is 8.57. The topological polar surface area (TPSA) is 116 Å². The summed E-state index contributed by atoms with van der Waals surface area (Å²) in [6.45, 7) is 9.35. The molecular formula is C21H48N4O4. The zero-order chi connectivity index (χ0) is 19.5. The number of hydrogen-bond acceptors (Lipinski definition) is 4. The van der Waals surface area contributed by atoms with Crippen LogP contribution in [0.15, 0.2) is 0 Å². The monoisotopic (exact) mass is 420 g/mol. The van der Waals surface area contributed by atoms with E-state index in [1.807, 2.05) is 20.8 Å². The predicted molar refractivity (Wildman–Crippen MR) is 123 cm³/mol. The molecule has 4 N–H and O–H groups in total. The molecule has 0 aromatic rings. The highest BCUT2D eigenvalue weighted by atomic mass is 16.2. The van der Waals surface area contributed by atoms with E-state index >= 15 is 0 Å². The SMILES string of the molecule is C.C.C.C.CC(=O)NCC(=O)NCCCCC(NC(=O)CNC(C)=O)C(C)(C)C. The van der Waals surface area contributed by atoms with Crippen molar-refractivity contribution in [2.24, 2.45) is 5.41 Å². The minimum Gasteiger partial charge on any atom is -0.355 e. The van der Waals surface area contributed by atoms with Crippen molar-refractivity contribution in [3.63, 3.8) is 0 Å². The van der Waals surface area contributed by atoms with Gasteiger partial charge in [0.15, 0.2) is 0 Å². The summed E-state index contributed by atoms with van der Waals surface area (Å²) in [4.78, 5) is 44.9. The van der Waals surface area contributed by atoms with Gasteiger partial charge in [0, 0.05) is 26.4 Å². The van der Waals surface area contributed by atoms with Gasteiger partial charge in [-0.3, -0.25) is 19.2 Å². The van der Waals surface area contributed by atoms with Crippen molar-refractivity contribution in [1.29, 1.82) is 0 Å². The molecule has 0 saturated heterocycles. The van der Waals surface area contributed by atoms with Crippen LogP contribution in [0.5, 0.6) is 0 Å². The number of carbonyl (C=O) groups excluding carboxylic acids is 4. The number of carbonyl (C=O) groups is 4. The Kier molecular flexibility index (Phi) is 24.9. The lowest BCUT2D eigenvalue weighted by Crippen LogP contribution is -2.47. The van der Waals surface area contributed by atoms with Crippen LogP contribution in [0.25, 0.3) is 0 Å². The summed E-state index contributed by atoms with van der Waals surface area (Å²) < 4.78 is 0. The quantitative estimate of drug-likeness (QED) is 0.406. The van der Waals surface area contributed by atoms with Gasteiger partial charge in [-0.2, -0.15) is 0 Å². The number of nitrogens with one attached hydrogen (secondary N) is 4. The van der Waals surface area contributed by atoms with Gasteiger partial charge in [0.05, 0.1) is 13.1 Å². The molecule has 0 spiro atoms. The van der Waals surface area contributed by atoms with Crippen molar-refractivity contribution in [3.8, 4) is 0 Å². The lowest BCUT2D eigenvalue weighted by molar-refractivity contribution is -0.125. The highest BCUT2D eigenvalue weighted by molar-refractivity contribution is 5.84. The van der Waals surface area contributed by atoms with Crippen molar-refractivity contribution in [2.45, 2.75) is 89.6 Å². The Morgan fingerprint density at radius 2 is 1.17 bits per heavy atom. The third-order valence-corrected chi connectivity index (χ3v) is 3.62. The van der Waals surface area contributed by atoms with Crippen molar-refractivity contribution in [2.75, 3.05) is 19.6 Å². The molecule has 8 heteroatoms. The molecule has 1 unspecified atom stereocenters. The molecule has 0 rings (SSSR count). The Bertz CT molecular complexity index is 474. The summed E-state index contributed by atoms with van der Waals surface area (Å²) in [5.74, 6) is -0.902. The molecule has 0 aliphatic carbocycles. The largest absolute Gasteiger partial charge is 0.355 e. The summed E-state index contributed by atoms with van der Waals surface area (Å²) >= 11 is 0. The Morgan fingerprint density at radius 3 is 1.59 bits per heavy atom. The lowest BCUT2D eigenvalue weighted by Gasteiger charge is -2.31. The Morgan fingerprint density at radius 1 is 0.724 bits per heavy atom. The Balaban J connectivity index is -0.000000480. The van der Waals surface area contributed by atoms with E-state index in [-0.39, 0.29) is 77.9 Å². The smallest absolute Gasteiger partial charge is 0.239 e. The molecular weight excluding hydrogens is 372 g/mol. The molecule has 0 fully saturated rings. The maximum atomic E-state index is 11.9. The molecule has 0 saturated carbocycles. The van der Waals surface area contributed by atoms with Crippen LogP contribution >= 0.6 is 0 Å². The second kappa shape index (κ2) is 19.2. The van der Waals surface area contributed by atoms with Crippen molar-refractivity contribution in [1.82, 2.24) is 21.3 Å². The number of rotatable bonds is 10. The maximum Gasteiger partial charge on any atom is 0.239 e.